The lowest BCUT2D eigenvalue weighted by Gasteiger charge is -2.22. The summed E-state index contributed by atoms with van der Waals surface area (Å²) in [6.07, 6.45) is 0.578. The van der Waals surface area contributed by atoms with Crippen molar-refractivity contribution in [3.63, 3.8) is 0 Å². The Bertz CT molecular complexity index is 151. The van der Waals surface area contributed by atoms with Gasteiger partial charge >= 0.3 is 6.09 Å². The van der Waals surface area contributed by atoms with Crippen LogP contribution in [-0.2, 0) is 0 Å². The van der Waals surface area contributed by atoms with Crippen LogP contribution in [0, 0.1) is 0 Å². The molecule has 0 radical (unpaired) electrons. The molecule has 0 aliphatic rings. The van der Waals surface area contributed by atoms with Crippen LogP contribution in [0.2, 0.25) is 0 Å². The third-order valence-electron chi connectivity index (χ3n) is 1.42. The van der Waals surface area contributed by atoms with Crippen LogP contribution in [0.4, 0.5) is 4.79 Å². The number of nitrogens with zero attached hydrogens (tertiary/aromatic N) is 1. The smallest absolute Gasteiger partial charge is 0.407 e. The minimum absolute atomic E-state index is 0.111. The van der Waals surface area contributed by atoms with Gasteiger partial charge in [0.15, 0.2) is 0 Å². The quantitative estimate of drug-likeness (QED) is 0.418. The maximum absolute atomic E-state index is 10.5. The summed E-state index contributed by atoms with van der Waals surface area (Å²) in [5.41, 5.74) is -0.111. The van der Waals surface area contributed by atoms with Crippen LogP contribution < -0.4 is 0 Å². The second-order valence-corrected chi connectivity index (χ2v) is 3.36. The molecule has 0 spiro atoms. The lowest BCUT2D eigenvalue weighted by molar-refractivity contribution is 0.132. The van der Waals surface area contributed by atoms with E-state index in [1.54, 1.807) is 6.08 Å². The Hall–Kier alpha value is -0.813. The average molecular weight is 175 g/mol. The van der Waals surface area contributed by atoms with Crippen LogP contribution in [0.1, 0.15) is 0 Å². The van der Waals surface area contributed by atoms with E-state index in [2.05, 4.69) is 6.58 Å². The first kappa shape index (κ1) is 10.2. The van der Waals surface area contributed by atoms with Crippen LogP contribution in [0.3, 0.4) is 0 Å². The van der Waals surface area contributed by atoms with Crippen molar-refractivity contribution in [2.75, 3.05) is 13.2 Å². The van der Waals surface area contributed by atoms with Gasteiger partial charge in [-0.2, -0.15) is 0 Å². The van der Waals surface area contributed by atoms with E-state index < -0.39 is 6.09 Å². The zero-order valence-electron chi connectivity index (χ0n) is 6.53. The highest BCUT2D eigenvalue weighted by Crippen LogP contribution is 1.96. The number of aliphatic hydroxyl groups excluding tert-OH is 1. The Kier molecular flexibility index (Phi) is 4.56. The molecule has 0 saturated heterocycles. The van der Waals surface area contributed by atoms with Crippen LogP contribution in [0.15, 0.2) is 12.7 Å². The van der Waals surface area contributed by atoms with Gasteiger partial charge in [0.05, 0.1) is 6.61 Å². The van der Waals surface area contributed by atoms with E-state index in [1.807, 2.05) is 0 Å². The summed E-state index contributed by atoms with van der Waals surface area (Å²) in [6, 6.07) is 0. The van der Waals surface area contributed by atoms with Gasteiger partial charge in [-0.25, -0.2) is 4.79 Å². The first-order valence-electron chi connectivity index (χ1n) is 3.36. The second-order valence-electron chi connectivity index (χ2n) is 2.18. The summed E-state index contributed by atoms with van der Waals surface area (Å²) < 4.78 is 0. The third kappa shape index (κ3) is 3.19. The van der Waals surface area contributed by atoms with E-state index in [1.165, 1.54) is 4.90 Å². The first-order valence-corrected chi connectivity index (χ1v) is 4.52. The predicted molar refractivity (Wildman–Crippen MR) is 45.7 cm³/mol. The molecule has 0 aromatic carbocycles. The Labute approximate surface area is 68.6 Å². The Morgan fingerprint density at radius 2 is 2.36 bits per heavy atom. The molecule has 4 nitrogen and oxygen atoms in total. The largest absolute Gasteiger partial charge is 0.465 e. The normalized spacial score (nSPS) is 12.5. The summed E-state index contributed by atoms with van der Waals surface area (Å²) in [6.45, 7) is 3.52. The van der Waals surface area contributed by atoms with Gasteiger partial charge in [-0.05, 0) is 0 Å². The van der Waals surface area contributed by atoms with Crippen LogP contribution in [0.25, 0.3) is 0 Å². The molecule has 0 aromatic rings. The maximum Gasteiger partial charge on any atom is 0.407 e. The number of carboxylic acid groups (broad SMARTS) is 1. The highest BCUT2D eigenvalue weighted by molar-refractivity contribution is 6.14. The fraction of sp³-hybridized carbons (Fsp3) is 0.500. The molecule has 0 aliphatic heterocycles. The van der Waals surface area contributed by atoms with Gasteiger partial charge in [0.25, 0.3) is 0 Å². The van der Waals surface area contributed by atoms with Crippen molar-refractivity contribution in [2.24, 2.45) is 0 Å². The monoisotopic (exact) mass is 175 g/mol. The van der Waals surface area contributed by atoms with E-state index in [0.29, 0.717) is 10.2 Å². The number of hydrogen-bond donors (Lipinski definition) is 2. The van der Waals surface area contributed by atoms with Crippen LogP contribution in [0.5, 0.6) is 0 Å². The maximum atomic E-state index is 10.5. The molecule has 0 saturated carbocycles. The zero-order chi connectivity index (χ0) is 8.85. The minimum atomic E-state index is -1.00. The lowest BCUT2D eigenvalue weighted by Crippen LogP contribution is -2.40. The highest BCUT2D eigenvalue weighted by Gasteiger charge is 2.14. The van der Waals surface area contributed by atoms with Crippen molar-refractivity contribution in [3.05, 3.63) is 12.7 Å². The van der Waals surface area contributed by atoms with Crippen molar-refractivity contribution in [2.45, 2.75) is 5.67 Å². The van der Waals surface area contributed by atoms with E-state index in [-0.39, 0.29) is 18.8 Å². The van der Waals surface area contributed by atoms with Crippen molar-refractivity contribution >= 4 is 16.3 Å². The van der Waals surface area contributed by atoms with Gasteiger partial charge < -0.3 is 15.1 Å². The van der Waals surface area contributed by atoms with Crippen molar-refractivity contribution in [1.82, 2.24) is 4.90 Å². The van der Waals surface area contributed by atoms with Gasteiger partial charge in [-0.1, -0.05) is 6.08 Å². The Morgan fingerprint density at radius 1 is 1.82 bits per heavy atom. The molecule has 1 unspecified atom stereocenters. The third-order valence-corrected chi connectivity index (χ3v) is 2.51. The predicted octanol–water partition coefficient (Wildman–Crippen LogP) is -1.16. The van der Waals surface area contributed by atoms with Gasteiger partial charge in [-0.3, -0.25) is 0 Å². The lowest BCUT2D eigenvalue weighted by atomic mass is 10.5. The van der Waals surface area contributed by atoms with Gasteiger partial charge in [0.1, 0.15) is 0 Å². The summed E-state index contributed by atoms with van der Waals surface area (Å²) in [5.74, 6) is 0. The molecule has 64 valence electrons. The first-order chi connectivity index (χ1) is 5.13. The summed E-state index contributed by atoms with van der Waals surface area (Å²) >= 11 is 0. The van der Waals surface area contributed by atoms with E-state index in [4.69, 9.17) is 10.2 Å². The molecular weight excluding hydrogens is 162 g/mol. The SMILES string of the molecule is C=CC([SiH3])N(CCO)C(=O)O. The number of carbonyl (C=O) groups is 1. The highest BCUT2D eigenvalue weighted by atomic mass is 28.1. The van der Waals surface area contributed by atoms with Gasteiger partial charge in [0, 0.05) is 22.5 Å². The standard InChI is InChI=1S/C6H13NO3Si/c1-2-5(11)7(3-4-8)6(9)10/h2,5,8H,1,3-4H2,11H3,(H,9,10). The molecule has 11 heavy (non-hydrogen) atoms. The number of rotatable bonds is 4. The molecule has 0 fully saturated rings. The fourth-order valence-electron chi connectivity index (χ4n) is 0.708. The van der Waals surface area contributed by atoms with Crippen molar-refractivity contribution in [1.29, 1.82) is 0 Å². The molecule has 0 aliphatic carbocycles. The zero-order valence-corrected chi connectivity index (χ0v) is 8.53. The summed E-state index contributed by atoms with van der Waals surface area (Å²) in [7, 11) is 0.701. The molecule has 0 aromatic heterocycles. The van der Waals surface area contributed by atoms with Gasteiger partial charge in [0.2, 0.25) is 0 Å². The summed E-state index contributed by atoms with van der Waals surface area (Å²) in [4.78, 5) is 11.7. The molecule has 0 bridgehead atoms. The molecule has 1 amide bonds. The van der Waals surface area contributed by atoms with E-state index >= 15 is 0 Å². The Balaban J connectivity index is 4.08. The van der Waals surface area contributed by atoms with Crippen LogP contribution in [-0.4, -0.2) is 50.3 Å². The number of aliphatic hydroxyl groups is 1. The average Bonchev–Trinajstić information content (AvgIpc) is 1.98. The number of hydrogen-bond acceptors (Lipinski definition) is 2. The molecule has 2 N–H and O–H groups in total. The van der Waals surface area contributed by atoms with Gasteiger partial charge in [-0.15, -0.1) is 6.58 Å². The number of amides is 1. The Morgan fingerprint density at radius 3 is 2.64 bits per heavy atom. The van der Waals surface area contributed by atoms with Crippen molar-refractivity contribution in [3.8, 4) is 0 Å². The van der Waals surface area contributed by atoms with Crippen LogP contribution >= 0.6 is 0 Å². The van der Waals surface area contributed by atoms with Crippen molar-refractivity contribution < 1.29 is 15.0 Å². The molecule has 5 heteroatoms. The molecule has 0 rings (SSSR count). The summed E-state index contributed by atoms with van der Waals surface area (Å²) in [5, 5.41) is 17.1. The topological polar surface area (TPSA) is 60.8 Å². The fourth-order valence-corrected chi connectivity index (χ4v) is 1.19. The second kappa shape index (κ2) is 4.92. The van der Waals surface area contributed by atoms with E-state index in [9.17, 15) is 4.79 Å². The van der Waals surface area contributed by atoms with E-state index in [0.717, 1.165) is 0 Å². The molecule has 0 heterocycles. The minimum Gasteiger partial charge on any atom is -0.465 e. The molecule has 1 atom stereocenters. The molecular formula is C6H13NO3Si.